The predicted octanol–water partition coefficient (Wildman–Crippen LogP) is 5.50. The fraction of sp³-hybridized carbons (Fsp3) is 0.321. The topological polar surface area (TPSA) is 51.2 Å². The van der Waals surface area contributed by atoms with Crippen LogP contribution in [-0.2, 0) is 11.2 Å². The van der Waals surface area contributed by atoms with E-state index < -0.39 is 0 Å². The van der Waals surface area contributed by atoms with Crippen LogP contribution in [0.15, 0.2) is 71.6 Å². The molecule has 0 amide bonds. The van der Waals surface area contributed by atoms with Crippen molar-refractivity contribution < 1.29 is 22.8 Å². The number of ether oxygens (including phenoxy) is 2. The van der Waals surface area contributed by atoms with E-state index >= 15 is 0 Å². The van der Waals surface area contributed by atoms with E-state index in [1.54, 1.807) is 32.4 Å². The third kappa shape index (κ3) is 7.90. The lowest BCUT2D eigenvalue weighted by atomic mass is 10.1. The molecule has 1 aliphatic heterocycles. The van der Waals surface area contributed by atoms with Gasteiger partial charge in [-0.15, -0.1) is 0 Å². The molecule has 0 aliphatic carbocycles. The minimum absolute atomic E-state index is 0.252. The number of piperazine rings is 1. The summed E-state index contributed by atoms with van der Waals surface area (Å²) in [4.78, 5) is 15.8. The first-order valence-electron chi connectivity index (χ1n) is 11.7. The van der Waals surface area contributed by atoms with Crippen LogP contribution in [0.25, 0.3) is 0 Å². The van der Waals surface area contributed by atoms with Crippen molar-refractivity contribution in [2.24, 2.45) is 0 Å². The zero-order valence-corrected chi connectivity index (χ0v) is 22.0. The highest BCUT2D eigenvalue weighted by Crippen LogP contribution is 2.28. The summed E-state index contributed by atoms with van der Waals surface area (Å²) in [5.74, 6) is 1.85. The average molecular weight is 513 g/mol. The summed E-state index contributed by atoms with van der Waals surface area (Å²) in [6.07, 6.45) is 1.27. The van der Waals surface area contributed by atoms with E-state index in [2.05, 4.69) is 35.9 Å². The maximum atomic E-state index is 13.1. The third-order valence-corrected chi connectivity index (χ3v) is 6.68. The van der Waals surface area contributed by atoms with Gasteiger partial charge < -0.3 is 28.3 Å². The third-order valence-electron chi connectivity index (χ3n) is 5.96. The van der Waals surface area contributed by atoms with E-state index in [0.717, 1.165) is 42.1 Å². The van der Waals surface area contributed by atoms with E-state index in [9.17, 15) is 9.18 Å². The van der Waals surface area contributed by atoms with E-state index in [-0.39, 0.29) is 5.82 Å². The maximum Gasteiger partial charge on any atom is 0.161 e. The zero-order valence-electron chi connectivity index (χ0n) is 21.1. The van der Waals surface area contributed by atoms with E-state index in [1.807, 2.05) is 24.3 Å². The summed E-state index contributed by atoms with van der Waals surface area (Å²) in [6.45, 7) is 5.40. The number of anilines is 1. The normalized spacial score (nSPS) is 15.5. The molecule has 6 nitrogen and oxygen atoms in total. The van der Waals surface area contributed by atoms with Gasteiger partial charge in [-0.05, 0) is 74.1 Å². The molecule has 1 aliphatic rings. The van der Waals surface area contributed by atoms with Gasteiger partial charge in [0.2, 0.25) is 0 Å². The molecular weight excluding hydrogens is 479 g/mol. The second kappa shape index (κ2) is 13.8. The van der Waals surface area contributed by atoms with E-state index in [0.29, 0.717) is 24.0 Å². The molecule has 1 atom stereocenters. The van der Waals surface area contributed by atoms with Gasteiger partial charge in [0, 0.05) is 37.8 Å². The molecule has 3 aromatic carbocycles. The standard InChI is InChI=1S/C18H21FN2OS.C10H12O3/c1-14-13-21(11-10-20(14)2)16-6-8-17(9-7-16)22-23-18-5-3-4-15(19)12-18;1-12-9-4-3-8(5-6-11)7-10(9)13-2/h3-9,12,14H,10-11,13H2,1-2H3;3-4,6-7H,5H2,1-2H3. The molecule has 192 valence electrons. The van der Waals surface area contributed by atoms with Gasteiger partial charge in [-0.2, -0.15) is 0 Å². The summed E-state index contributed by atoms with van der Waals surface area (Å²) < 4.78 is 28.9. The van der Waals surface area contributed by atoms with Crippen LogP contribution in [0, 0.1) is 5.82 Å². The van der Waals surface area contributed by atoms with Crippen molar-refractivity contribution in [3.8, 4) is 17.2 Å². The molecule has 3 aromatic rings. The summed E-state index contributed by atoms with van der Waals surface area (Å²) in [6, 6.07) is 20.5. The number of methoxy groups -OCH3 is 2. The average Bonchev–Trinajstić information content (AvgIpc) is 2.90. The van der Waals surface area contributed by atoms with Crippen molar-refractivity contribution in [2.75, 3.05) is 45.8 Å². The van der Waals surface area contributed by atoms with Crippen molar-refractivity contribution in [1.29, 1.82) is 0 Å². The first kappa shape index (κ1) is 27.4. The molecule has 0 aromatic heterocycles. The summed E-state index contributed by atoms with van der Waals surface area (Å²) >= 11 is 1.17. The predicted molar refractivity (Wildman–Crippen MR) is 143 cm³/mol. The molecule has 8 heteroatoms. The number of rotatable bonds is 8. The van der Waals surface area contributed by atoms with Gasteiger partial charge in [0.15, 0.2) is 11.5 Å². The van der Waals surface area contributed by atoms with Crippen LogP contribution < -0.4 is 18.6 Å². The van der Waals surface area contributed by atoms with Crippen molar-refractivity contribution in [2.45, 2.75) is 24.3 Å². The van der Waals surface area contributed by atoms with Gasteiger partial charge >= 0.3 is 0 Å². The smallest absolute Gasteiger partial charge is 0.161 e. The highest BCUT2D eigenvalue weighted by molar-refractivity contribution is 7.95. The molecule has 0 bridgehead atoms. The lowest BCUT2D eigenvalue weighted by Crippen LogP contribution is -2.50. The van der Waals surface area contributed by atoms with E-state index in [4.69, 9.17) is 13.7 Å². The van der Waals surface area contributed by atoms with Gasteiger partial charge in [0.25, 0.3) is 0 Å². The minimum atomic E-state index is -0.252. The zero-order chi connectivity index (χ0) is 25.9. The lowest BCUT2D eigenvalue weighted by Gasteiger charge is -2.39. The fourth-order valence-corrected chi connectivity index (χ4v) is 4.31. The molecule has 0 N–H and O–H groups in total. The largest absolute Gasteiger partial charge is 0.493 e. The number of halogens is 1. The van der Waals surface area contributed by atoms with Crippen molar-refractivity contribution in [3.63, 3.8) is 0 Å². The number of carbonyl (C=O) groups excluding carboxylic acids is 1. The Morgan fingerprint density at radius 2 is 1.75 bits per heavy atom. The van der Waals surface area contributed by atoms with Crippen molar-refractivity contribution in [3.05, 3.63) is 78.1 Å². The number of likely N-dealkylation sites (N-methyl/N-ethyl adjacent to an activating group) is 1. The Morgan fingerprint density at radius 3 is 2.39 bits per heavy atom. The molecule has 36 heavy (non-hydrogen) atoms. The number of hydrogen-bond acceptors (Lipinski definition) is 7. The van der Waals surface area contributed by atoms with Gasteiger partial charge in [-0.1, -0.05) is 12.1 Å². The number of carbonyl (C=O) groups is 1. The van der Waals surface area contributed by atoms with Crippen LogP contribution in [0.3, 0.4) is 0 Å². The molecule has 0 radical (unpaired) electrons. The fourth-order valence-electron chi connectivity index (χ4n) is 3.71. The molecule has 1 unspecified atom stereocenters. The lowest BCUT2D eigenvalue weighted by molar-refractivity contribution is -0.107. The highest BCUT2D eigenvalue weighted by Gasteiger charge is 2.20. The summed E-state index contributed by atoms with van der Waals surface area (Å²) in [7, 11) is 5.32. The number of nitrogens with zero attached hydrogens (tertiary/aromatic N) is 2. The van der Waals surface area contributed by atoms with Gasteiger partial charge in [-0.3, -0.25) is 0 Å². The quantitative estimate of drug-likeness (QED) is 0.292. The Hall–Kier alpha value is -3.23. The molecule has 1 saturated heterocycles. The molecule has 1 heterocycles. The first-order chi connectivity index (χ1) is 17.4. The van der Waals surface area contributed by atoms with Crippen LogP contribution in [0.1, 0.15) is 12.5 Å². The molecule has 0 saturated carbocycles. The van der Waals surface area contributed by atoms with Gasteiger partial charge in [-0.25, -0.2) is 4.39 Å². The monoisotopic (exact) mass is 512 g/mol. The Balaban J connectivity index is 0.000000236. The number of aldehydes is 1. The number of benzene rings is 3. The minimum Gasteiger partial charge on any atom is -0.493 e. The van der Waals surface area contributed by atoms with Crippen LogP contribution in [-0.4, -0.2) is 58.1 Å². The van der Waals surface area contributed by atoms with E-state index in [1.165, 1.54) is 29.9 Å². The maximum absolute atomic E-state index is 13.1. The Labute approximate surface area is 217 Å². The molecule has 4 rings (SSSR count). The number of hydrogen-bond donors (Lipinski definition) is 0. The molecular formula is C28H33FN2O4S. The Bertz CT molecular complexity index is 1110. The van der Waals surface area contributed by atoms with Crippen molar-refractivity contribution >= 4 is 24.0 Å². The highest BCUT2D eigenvalue weighted by atomic mass is 32.2. The molecule has 0 spiro atoms. The summed E-state index contributed by atoms with van der Waals surface area (Å²) in [5, 5.41) is 0. The SMILES string of the molecule is CC1CN(c2ccc(OSc3cccc(F)c3)cc2)CCN1C.COc1ccc(CC=O)cc1OC. The Kier molecular flexibility index (Phi) is 10.5. The van der Waals surface area contributed by atoms with Crippen LogP contribution in [0.2, 0.25) is 0 Å². The van der Waals surface area contributed by atoms with Crippen LogP contribution in [0.4, 0.5) is 10.1 Å². The summed E-state index contributed by atoms with van der Waals surface area (Å²) in [5.41, 5.74) is 2.14. The second-order valence-corrected chi connectivity index (χ2v) is 9.26. The first-order valence-corrected chi connectivity index (χ1v) is 12.5. The van der Waals surface area contributed by atoms with Crippen LogP contribution >= 0.6 is 12.0 Å². The van der Waals surface area contributed by atoms with Gasteiger partial charge in [0.05, 0.1) is 31.2 Å². The second-order valence-electron chi connectivity index (χ2n) is 8.45. The van der Waals surface area contributed by atoms with Crippen molar-refractivity contribution in [1.82, 2.24) is 4.90 Å². The Morgan fingerprint density at radius 1 is 1.00 bits per heavy atom. The van der Waals surface area contributed by atoms with Crippen LogP contribution in [0.5, 0.6) is 17.2 Å². The van der Waals surface area contributed by atoms with Gasteiger partial charge in [0.1, 0.15) is 17.9 Å². The molecule has 1 fully saturated rings.